The first kappa shape index (κ1) is 10.9. The van der Waals surface area contributed by atoms with Crippen LogP contribution in [-0.4, -0.2) is 33.3 Å². The summed E-state index contributed by atoms with van der Waals surface area (Å²) in [7, 11) is 0. The van der Waals surface area contributed by atoms with Crippen molar-refractivity contribution in [2.45, 2.75) is 24.9 Å². The molecule has 1 fully saturated rings. The van der Waals surface area contributed by atoms with Crippen LogP contribution in [0.4, 0.5) is 5.82 Å². The van der Waals surface area contributed by atoms with Gasteiger partial charge in [0.25, 0.3) is 0 Å². The highest BCUT2D eigenvalue weighted by Gasteiger charge is 2.33. The molecule has 0 saturated heterocycles. The molecule has 0 amide bonds. The largest absolute Gasteiger partial charge is 0.478 e. The Balaban J connectivity index is 1.98. The maximum Gasteiger partial charge on any atom is 0.335 e. The number of carbonyl (C=O) groups is 1. The Hall–Kier alpha value is -1.62. The Kier molecular flexibility index (Phi) is 2.78. The molecule has 0 bridgehead atoms. The fourth-order valence-electron chi connectivity index (χ4n) is 1.68. The summed E-state index contributed by atoms with van der Waals surface area (Å²) in [4.78, 5) is 14.7. The number of aliphatic hydroxyl groups is 1. The predicted molar refractivity (Wildman–Crippen MR) is 58.5 cm³/mol. The van der Waals surface area contributed by atoms with E-state index in [0.29, 0.717) is 12.4 Å². The van der Waals surface area contributed by atoms with Crippen LogP contribution in [0.3, 0.4) is 0 Å². The topological polar surface area (TPSA) is 82.5 Å². The predicted octanol–water partition coefficient (Wildman–Crippen LogP) is 1.11. The molecule has 5 heteroatoms. The van der Waals surface area contributed by atoms with E-state index in [1.54, 1.807) is 0 Å². The molecule has 1 aromatic rings. The monoisotopic (exact) mass is 222 g/mol. The van der Waals surface area contributed by atoms with Crippen LogP contribution in [0.25, 0.3) is 0 Å². The van der Waals surface area contributed by atoms with E-state index in [1.807, 2.05) is 0 Å². The van der Waals surface area contributed by atoms with Gasteiger partial charge < -0.3 is 15.5 Å². The van der Waals surface area contributed by atoms with Gasteiger partial charge in [0.15, 0.2) is 0 Å². The highest BCUT2D eigenvalue weighted by Crippen LogP contribution is 2.31. The smallest absolute Gasteiger partial charge is 0.335 e. The minimum atomic E-state index is -0.979. The van der Waals surface area contributed by atoms with Crippen LogP contribution < -0.4 is 5.32 Å². The summed E-state index contributed by atoms with van der Waals surface area (Å²) in [6.07, 6.45) is 4.06. The van der Waals surface area contributed by atoms with Crippen LogP contribution in [0, 0.1) is 0 Å². The second-order valence-electron chi connectivity index (χ2n) is 4.17. The summed E-state index contributed by atoms with van der Waals surface area (Å²) in [5.74, 6) is -0.493. The summed E-state index contributed by atoms with van der Waals surface area (Å²) in [6, 6.07) is 2.90. The normalized spacial score (nSPS) is 17.6. The zero-order valence-corrected chi connectivity index (χ0v) is 8.81. The molecule has 0 aromatic carbocycles. The van der Waals surface area contributed by atoms with Gasteiger partial charge in [-0.1, -0.05) is 0 Å². The van der Waals surface area contributed by atoms with Gasteiger partial charge in [-0.15, -0.1) is 0 Å². The van der Waals surface area contributed by atoms with Gasteiger partial charge in [-0.2, -0.15) is 0 Å². The number of carboxylic acid groups (broad SMARTS) is 1. The van der Waals surface area contributed by atoms with Crippen molar-refractivity contribution in [3.8, 4) is 0 Å². The van der Waals surface area contributed by atoms with Crippen molar-refractivity contribution in [2.24, 2.45) is 0 Å². The van der Waals surface area contributed by atoms with E-state index in [4.69, 9.17) is 5.11 Å². The van der Waals surface area contributed by atoms with Crippen molar-refractivity contribution < 1.29 is 15.0 Å². The summed E-state index contributed by atoms with van der Waals surface area (Å²) < 4.78 is 0. The third-order valence-electron chi connectivity index (χ3n) is 2.89. The van der Waals surface area contributed by atoms with Gasteiger partial charge in [0.2, 0.25) is 0 Å². The number of nitrogens with zero attached hydrogens (tertiary/aromatic N) is 1. The number of nitrogens with one attached hydrogen (secondary N) is 1. The molecule has 1 aliphatic carbocycles. The van der Waals surface area contributed by atoms with Gasteiger partial charge in [-0.25, -0.2) is 9.78 Å². The van der Waals surface area contributed by atoms with Gasteiger partial charge in [-0.3, -0.25) is 0 Å². The zero-order valence-electron chi connectivity index (χ0n) is 8.81. The fraction of sp³-hybridized carbons (Fsp3) is 0.455. The average Bonchev–Trinajstić information content (AvgIpc) is 2.24. The maximum atomic E-state index is 10.7. The lowest BCUT2D eigenvalue weighted by atomic mass is 9.80. The van der Waals surface area contributed by atoms with Gasteiger partial charge >= 0.3 is 5.97 Å². The zero-order chi connectivity index (χ0) is 11.6. The van der Waals surface area contributed by atoms with E-state index in [1.165, 1.54) is 18.3 Å². The van der Waals surface area contributed by atoms with Crippen molar-refractivity contribution in [1.82, 2.24) is 4.98 Å². The molecule has 1 aromatic heterocycles. The van der Waals surface area contributed by atoms with E-state index in [9.17, 15) is 9.90 Å². The number of anilines is 1. The van der Waals surface area contributed by atoms with Crippen LogP contribution in [0.2, 0.25) is 0 Å². The molecule has 5 nitrogen and oxygen atoms in total. The number of rotatable bonds is 4. The first-order chi connectivity index (χ1) is 7.59. The number of carboxylic acids is 1. The molecule has 0 radical (unpaired) electrons. The Morgan fingerprint density at radius 2 is 2.31 bits per heavy atom. The van der Waals surface area contributed by atoms with Crippen molar-refractivity contribution >= 4 is 11.8 Å². The third kappa shape index (κ3) is 2.30. The van der Waals surface area contributed by atoms with Crippen LogP contribution in [0.15, 0.2) is 18.3 Å². The molecular weight excluding hydrogens is 208 g/mol. The molecule has 16 heavy (non-hydrogen) atoms. The van der Waals surface area contributed by atoms with Crippen molar-refractivity contribution in [3.63, 3.8) is 0 Å². The van der Waals surface area contributed by atoms with Gasteiger partial charge in [-0.05, 0) is 31.4 Å². The molecule has 0 spiro atoms. The second kappa shape index (κ2) is 4.09. The fourth-order valence-corrected chi connectivity index (χ4v) is 1.68. The number of aromatic nitrogens is 1. The highest BCUT2D eigenvalue weighted by molar-refractivity contribution is 5.88. The Labute approximate surface area is 93.1 Å². The first-order valence-corrected chi connectivity index (χ1v) is 5.25. The molecule has 86 valence electrons. The van der Waals surface area contributed by atoms with Crippen LogP contribution in [0.1, 0.15) is 29.6 Å². The van der Waals surface area contributed by atoms with Gasteiger partial charge in [0, 0.05) is 12.7 Å². The molecule has 1 aliphatic rings. The summed E-state index contributed by atoms with van der Waals surface area (Å²) >= 11 is 0. The molecule has 0 aliphatic heterocycles. The van der Waals surface area contributed by atoms with E-state index in [2.05, 4.69) is 10.3 Å². The SMILES string of the molecule is O=C(O)c1ccnc(NCC2(O)CCC2)c1. The van der Waals surface area contributed by atoms with Crippen LogP contribution in [-0.2, 0) is 0 Å². The average molecular weight is 222 g/mol. The van der Waals surface area contributed by atoms with Crippen molar-refractivity contribution in [3.05, 3.63) is 23.9 Å². The molecule has 1 heterocycles. The number of aromatic carboxylic acids is 1. The number of hydrogen-bond donors (Lipinski definition) is 3. The lowest BCUT2D eigenvalue weighted by Gasteiger charge is -2.36. The van der Waals surface area contributed by atoms with E-state index in [0.717, 1.165) is 19.3 Å². The molecule has 2 rings (SSSR count). The Morgan fingerprint density at radius 3 is 2.88 bits per heavy atom. The summed E-state index contributed by atoms with van der Waals surface area (Å²) in [5, 5.41) is 21.6. The number of hydrogen-bond acceptors (Lipinski definition) is 4. The van der Waals surface area contributed by atoms with E-state index < -0.39 is 11.6 Å². The highest BCUT2D eigenvalue weighted by atomic mass is 16.4. The molecule has 0 atom stereocenters. The third-order valence-corrected chi connectivity index (χ3v) is 2.89. The van der Waals surface area contributed by atoms with Gasteiger partial charge in [0.05, 0.1) is 11.2 Å². The molecule has 1 saturated carbocycles. The van der Waals surface area contributed by atoms with Crippen LogP contribution >= 0.6 is 0 Å². The quantitative estimate of drug-likeness (QED) is 0.710. The Bertz CT molecular complexity index is 402. The lowest BCUT2D eigenvalue weighted by Crippen LogP contribution is -2.43. The summed E-state index contributed by atoms with van der Waals surface area (Å²) in [5.41, 5.74) is -0.445. The van der Waals surface area contributed by atoms with Crippen molar-refractivity contribution in [2.75, 3.05) is 11.9 Å². The first-order valence-electron chi connectivity index (χ1n) is 5.25. The Morgan fingerprint density at radius 1 is 1.56 bits per heavy atom. The molecule has 0 unspecified atom stereocenters. The van der Waals surface area contributed by atoms with Gasteiger partial charge in [0.1, 0.15) is 5.82 Å². The maximum absolute atomic E-state index is 10.7. The molecule has 3 N–H and O–H groups in total. The van der Waals surface area contributed by atoms with E-state index >= 15 is 0 Å². The van der Waals surface area contributed by atoms with Crippen LogP contribution in [0.5, 0.6) is 0 Å². The molecular formula is C11H14N2O3. The minimum Gasteiger partial charge on any atom is -0.478 e. The minimum absolute atomic E-state index is 0.193. The summed E-state index contributed by atoms with van der Waals surface area (Å²) in [6.45, 7) is 0.420. The van der Waals surface area contributed by atoms with E-state index in [-0.39, 0.29) is 5.56 Å². The number of pyridine rings is 1. The lowest BCUT2D eigenvalue weighted by molar-refractivity contribution is -0.0202. The second-order valence-corrected chi connectivity index (χ2v) is 4.17. The van der Waals surface area contributed by atoms with Crippen molar-refractivity contribution in [1.29, 1.82) is 0 Å². The standard InChI is InChI=1S/C11H14N2O3/c14-10(15)8-2-5-12-9(6-8)13-7-11(16)3-1-4-11/h2,5-6,16H,1,3-4,7H2,(H,12,13)(H,14,15).